The zero-order chi connectivity index (χ0) is 15.0. The molecule has 3 aromatic rings. The third-order valence-corrected chi connectivity index (χ3v) is 3.20. The summed E-state index contributed by atoms with van der Waals surface area (Å²) in [6.07, 6.45) is 1.85. The van der Waals surface area contributed by atoms with E-state index in [9.17, 15) is 9.59 Å². The van der Waals surface area contributed by atoms with Crippen molar-refractivity contribution in [3.8, 4) is 11.3 Å². The highest BCUT2D eigenvalue weighted by Gasteiger charge is 2.15. The third-order valence-electron chi connectivity index (χ3n) is 3.20. The van der Waals surface area contributed by atoms with Gasteiger partial charge in [-0.3, -0.25) is 10.1 Å². The first-order valence-electron chi connectivity index (χ1n) is 6.21. The van der Waals surface area contributed by atoms with E-state index in [4.69, 9.17) is 11.5 Å². The lowest BCUT2D eigenvalue weighted by Gasteiger charge is -2.01. The molecule has 7 heteroatoms. The Morgan fingerprint density at radius 3 is 2.62 bits per heavy atom. The van der Waals surface area contributed by atoms with Crippen molar-refractivity contribution < 1.29 is 9.59 Å². The summed E-state index contributed by atoms with van der Waals surface area (Å²) in [6.45, 7) is 0. The van der Waals surface area contributed by atoms with Gasteiger partial charge in [0.05, 0.1) is 5.56 Å². The Morgan fingerprint density at radius 2 is 1.90 bits per heavy atom. The molecule has 0 saturated carbocycles. The van der Waals surface area contributed by atoms with E-state index in [1.807, 2.05) is 30.5 Å². The van der Waals surface area contributed by atoms with Crippen LogP contribution in [0.3, 0.4) is 0 Å². The molecule has 2 aromatic heterocycles. The molecule has 0 bridgehead atoms. The summed E-state index contributed by atoms with van der Waals surface area (Å²) in [5, 5.41) is 3.43. The summed E-state index contributed by atoms with van der Waals surface area (Å²) in [7, 11) is 0. The number of aromatic amines is 2. The second-order valence-electron chi connectivity index (χ2n) is 4.60. The first-order valence-corrected chi connectivity index (χ1v) is 6.21. The number of primary amides is 2. The average Bonchev–Trinajstić information content (AvgIpc) is 3.03. The van der Waals surface area contributed by atoms with Crippen LogP contribution in [0, 0.1) is 0 Å². The molecule has 7 nitrogen and oxygen atoms in total. The van der Waals surface area contributed by atoms with Crippen LogP contribution in [0.5, 0.6) is 0 Å². The lowest BCUT2D eigenvalue weighted by atomic mass is 10.1. The van der Waals surface area contributed by atoms with Gasteiger partial charge in [-0.15, -0.1) is 0 Å². The van der Waals surface area contributed by atoms with E-state index in [1.165, 1.54) is 0 Å². The topological polar surface area (TPSA) is 130 Å². The first-order chi connectivity index (χ1) is 10.0. The van der Waals surface area contributed by atoms with E-state index in [0.717, 1.165) is 16.5 Å². The number of H-pyrrole nitrogens is 2. The smallest absolute Gasteiger partial charge is 0.317 e. The molecule has 0 aliphatic carbocycles. The fraction of sp³-hybridized carbons (Fsp3) is 0. The number of aromatic nitrogens is 2. The van der Waals surface area contributed by atoms with Gasteiger partial charge in [0.2, 0.25) is 0 Å². The van der Waals surface area contributed by atoms with E-state index in [1.54, 1.807) is 6.07 Å². The van der Waals surface area contributed by atoms with Crippen molar-refractivity contribution in [2.24, 2.45) is 11.5 Å². The van der Waals surface area contributed by atoms with Crippen molar-refractivity contribution >= 4 is 28.7 Å². The van der Waals surface area contributed by atoms with Gasteiger partial charge >= 0.3 is 6.03 Å². The molecule has 2 heterocycles. The van der Waals surface area contributed by atoms with Gasteiger partial charge in [-0.25, -0.2) is 4.79 Å². The van der Waals surface area contributed by atoms with Crippen molar-refractivity contribution in [3.63, 3.8) is 0 Å². The Labute approximate surface area is 119 Å². The lowest BCUT2D eigenvalue weighted by Crippen LogP contribution is -2.22. The van der Waals surface area contributed by atoms with Crippen molar-refractivity contribution in [2.75, 3.05) is 5.32 Å². The van der Waals surface area contributed by atoms with Crippen molar-refractivity contribution in [3.05, 3.63) is 42.1 Å². The largest absolute Gasteiger partial charge is 0.365 e. The Hall–Kier alpha value is -3.22. The first kappa shape index (κ1) is 12.8. The standard InChI is InChI=1S/C14H13N5O2/c15-12(20)9-6-11(18-13(9)19-14(16)21)8-2-1-7-3-4-17-10(7)5-8/h1-6,17-18H,(H2,15,20)(H3,16,19,21). The number of amides is 3. The fourth-order valence-corrected chi connectivity index (χ4v) is 2.24. The zero-order valence-electron chi connectivity index (χ0n) is 10.9. The van der Waals surface area contributed by atoms with E-state index in [2.05, 4.69) is 15.3 Å². The minimum absolute atomic E-state index is 0.176. The molecule has 0 atom stereocenters. The molecular weight excluding hydrogens is 270 g/mol. The molecule has 0 radical (unpaired) electrons. The van der Waals surface area contributed by atoms with Crippen LogP contribution in [-0.4, -0.2) is 21.9 Å². The van der Waals surface area contributed by atoms with Gasteiger partial charge in [0, 0.05) is 23.0 Å². The number of hydrogen-bond donors (Lipinski definition) is 5. The summed E-state index contributed by atoms with van der Waals surface area (Å²) < 4.78 is 0. The molecule has 1 aromatic carbocycles. The van der Waals surface area contributed by atoms with E-state index < -0.39 is 11.9 Å². The Balaban J connectivity index is 2.08. The number of benzene rings is 1. The molecule has 7 N–H and O–H groups in total. The van der Waals surface area contributed by atoms with Crippen LogP contribution >= 0.6 is 0 Å². The van der Waals surface area contributed by atoms with Crippen LogP contribution in [-0.2, 0) is 0 Å². The molecule has 3 amide bonds. The number of nitrogens with two attached hydrogens (primary N) is 2. The molecule has 0 spiro atoms. The summed E-state index contributed by atoms with van der Waals surface area (Å²) in [6, 6.07) is 8.56. The van der Waals surface area contributed by atoms with Crippen molar-refractivity contribution in [1.29, 1.82) is 0 Å². The van der Waals surface area contributed by atoms with Crippen molar-refractivity contribution in [1.82, 2.24) is 9.97 Å². The molecule has 0 aliphatic rings. The predicted molar refractivity (Wildman–Crippen MR) is 79.8 cm³/mol. The van der Waals surface area contributed by atoms with Gasteiger partial charge in [-0.2, -0.15) is 0 Å². The highest BCUT2D eigenvalue weighted by molar-refractivity contribution is 6.03. The number of carbonyl (C=O) groups excluding carboxylic acids is 2. The number of urea groups is 1. The maximum atomic E-state index is 11.4. The number of anilines is 1. The number of hydrogen-bond acceptors (Lipinski definition) is 2. The lowest BCUT2D eigenvalue weighted by molar-refractivity contribution is 0.100. The second kappa shape index (κ2) is 4.71. The Bertz CT molecular complexity index is 846. The SMILES string of the molecule is NC(=O)Nc1[nH]c(-c2ccc3cc[nH]c3c2)cc1C(N)=O. The summed E-state index contributed by atoms with van der Waals surface area (Å²) in [5.41, 5.74) is 13.0. The second-order valence-corrected chi connectivity index (χ2v) is 4.60. The minimum atomic E-state index is -0.772. The minimum Gasteiger partial charge on any atom is -0.365 e. The zero-order valence-corrected chi connectivity index (χ0v) is 10.9. The molecule has 0 fully saturated rings. The van der Waals surface area contributed by atoms with Gasteiger partial charge < -0.3 is 21.4 Å². The van der Waals surface area contributed by atoms with Crippen LogP contribution in [0.2, 0.25) is 0 Å². The van der Waals surface area contributed by atoms with Crippen LogP contribution < -0.4 is 16.8 Å². The maximum Gasteiger partial charge on any atom is 0.317 e. The number of fused-ring (bicyclic) bond motifs is 1. The number of nitrogens with one attached hydrogen (secondary N) is 3. The number of carbonyl (C=O) groups is 2. The highest BCUT2D eigenvalue weighted by atomic mass is 16.2. The summed E-state index contributed by atoms with van der Waals surface area (Å²) >= 11 is 0. The predicted octanol–water partition coefficient (Wildman–Crippen LogP) is 1.75. The van der Waals surface area contributed by atoms with Gasteiger partial charge in [-0.1, -0.05) is 12.1 Å². The molecule has 3 rings (SSSR count). The van der Waals surface area contributed by atoms with E-state index >= 15 is 0 Å². The van der Waals surface area contributed by atoms with E-state index in [0.29, 0.717) is 5.69 Å². The normalized spacial score (nSPS) is 10.7. The van der Waals surface area contributed by atoms with Crippen LogP contribution in [0.15, 0.2) is 36.5 Å². The average molecular weight is 283 g/mol. The summed E-state index contributed by atoms with van der Waals surface area (Å²) in [5.74, 6) is -0.459. The van der Waals surface area contributed by atoms with Gasteiger partial charge in [0.15, 0.2) is 0 Å². The fourth-order valence-electron chi connectivity index (χ4n) is 2.24. The Kier molecular flexibility index (Phi) is 2.87. The molecular formula is C14H13N5O2. The van der Waals surface area contributed by atoms with Crippen LogP contribution in [0.25, 0.3) is 22.2 Å². The Morgan fingerprint density at radius 1 is 1.10 bits per heavy atom. The van der Waals surface area contributed by atoms with E-state index in [-0.39, 0.29) is 11.4 Å². The van der Waals surface area contributed by atoms with Crippen molar-refractivity contribution in [2.45, 2.75) is 0 Å². The monoisotopic (exact) mass is 283 g/mol. The molecule has 0 saturated heterocycles. The molecule has 106 valence electrons. The van der Waals surface area contributed by atoms with Gasteiger partial charge in [0.25, 0.3) is 5.91 Å². The quantitative estimate of drug-likeness (QED) is 0.501. The third kappa shape index (κ3) is 2.32. The maximum absolute atomic E-state index is 11.4. The van der Waals surface area contributed by atoms with Crippen LogP contribution in [0.1, 0.15) is 10.4 Å². The molecule has 0 unspecified atom stereocenters. The molecule has 21 heavy (non-hydrogen) atoms. The highest BCUT2D eigenvalue weighted by Crippen LogP contribution is 2.27. The van der Waals surface area contributed by atoms with Gasteiger partial charge in [0.1, 0.15) is 5.82 Å². The van der Waals surface area contributed by atoms with Crippen LogP contribution in [0.4, 0.5) is 10.6 Å². The number of rotatable bonds is 3. The molecule has 0 aliphatic heterocycles. The summed E-state index contributed by atoms with van der Waals surface area (Å²) in [4.78, 5) is 28.4. The van der Waals surface area contributed by atoms with Gasteiger partial charge in [-0.05, 0) is 23.6 Å².